The van der Waals surface area contributed by atoms with Crippen LogP contribution in [0.4, 0.5) is 11.4 Å². The molecule has 2 heterocycles. The minimum absolute atomic E-state index is 0.0650. The molecule has 1 unspecified atom stereocenters. The first kappa shape index (κ1) is 18.7. The molecule has 1 fully saturated rings. The van der Waals surface area contributed by atoms with Crippen LogP contribution in [0.3, 0.4) is 0 Å². The molecule has 7 nitrogen and oxygen atoms in total. The lowest BCUT2D eigenvalue weighted by Gasteiger charge is -2.23. The first-order valence-corrected chi connectivity index (χ1v) is 9.02. The van der Waals surface area contributed by atoms with Crippen LogP contribution in [-0.2, 0) is 9.59 Å². The molecule has 0 saturated carbocycles. The van der Waals surface area contributed by atoms with Crippen LogP contribution in [0.1, 0.15) is 37.2 Å². The zero-order chi connectivity index (χ0) is 19.4. The van der Waals surface area contributed by atoms with Crippen molar-refractivity contribution >= 4 is 29.1 Å². The van der Waals surface area contributed by atoms with Crippen molar-refractivity contribution in [2.45, 2.75) is 32.7 Å². The van der Waals surface area contributed by atoms with Crippen molar-refractivity contribution in [2.75, 3.05) is 17.2 Å². The molecule has 1 atom stereocenters. The Kier molecular flexibility index (Phi) is 5.59. The normalized spacial score (nSPS) is 16.4. The summed E-state index contributed by atoms with van der Waals surface area (Å²) in [7, 11) is 0. The van der Waals surface area contributed by atoms with Crippen LogP contribution in [0, 0.1) is 5.92 Å². The number of carbonyl (C=O) groups excluding carboxylic acids is 3. The molecule has 27 heavy (non-hydrogen) atoms. The predicted molar refractivity (Wildman–Crippen MR) is 101 cm³/mol. The number of anilines is 2. The largest absolute Gasteiger partial charge is 0.459 e. The summed E-state index contributed by atoms with van der Waals surface area (Å²) in [6, 6.07) is 9.64. The third-order valence-electron chi connectivity index (χ3n) is 4.49. The van der Waals surface area contributed by atoms with E-state index in [0.717, 1.165) is 6.42 Å². The average molecular weight is 369 g/mol. The third kappa shape index (κ3) is 4.36. The molecule has 142 valence electrons. The number of nitrogens with one attached hydrogen (secondary N) is 2. The van der Waals surface area contributed by atoms with Crippen LogP contribution in [0.2, 0.25) is 0 Å². The minimum Gasteiger partial charge on any atom is -0.459 e. The van der Waals surface area contributed by atoms with Gasteiger partial charge in [-0.1, -0.05) is 13.8 Å². The van der Waals surface area contributed by atoms with Gasteiger partial charge in [-0.15, -0.1) is 0 Å². The number of hydrogen-bond donors (Lipinski definition) is 2. The highest BCUT2D eigenvalue weighted by Gasteiger charge is 2.35. The van der Waals surface area contributed by atoms with E-state index in [9.17, 15) is 14.4 Å². The molecule has 1 aliphatic heterocycles. The molecule has 0 bridgehead atoms. The monoisotopic (exact) mass is 369 g/mol. The Balaban J connectivity index is 1.62. The van der Waals surface area contributed by atoms with Gasteiger partial charge in [0, 0.05) is 23.8 Å². The maximum Gasteiger partial charge on any atom is 0.290 e. The van der Waals surface area contributed by atoms with Gasteiger partial charge in [0.05, 0.1) is 6.26 Å². The van der Waals surface area contributed by atoms with Gasteiger partial charge >= 0.3 is 0 Å². The van der Waals surface area contributed by atoms with E-state index in [1.54, 1.807) is 41.3 Å². The SMILES string of the molecule is CC(C)C(=O)Nc1ccc(NC(=O)C2CCCN2C(=O)c2ccco2)cc1. The van der Waals surface area contributed by atoms with Crippen LogP contribution in [-0.4, -0.2) is 35.2 Å². The second kappa shape index (κ2) is 8.07. The summed E-state index contributed by atoms with van der Waals surface area (Å²) < 4.78 is 5.16. The zero-order valence-corrected chi connectivity index (χ0v) is 15.4. The second-order valence-corrected chi connectivity index (χ2v) is 6.84. The van der Waals surface area contributed by atoms with Gasteiger partial charge in [0.1, 0.15) is 6.04 Å². The summed E-state index contributed by atoms with van der Waals surface area (Å²) in [5.74, 6) is -0.440. The lowest BCUT2D eigenvalue weighted by Crippen LogP contribution is -2.43. The van der Waals surface area contributed by atoms with Crippen molar-refractivity contribution in [3.63, 3.8) is 0 Å². The summed E-state index contributed by atoms with van der Waals surface area (Å²) in [4.78, 5) is 38.4. The van der Waals surface area contributed by atoms with E-state index >= 15 is 0 Å². The smallest absolute Gasteiger partial charge is 0.290 e. The van der Waals surface area contributed by atoms with Crippen LogP contribution < -0.4 is 10.6 Å². The first-order chi connectivity index (χ1) is 13.0. The molecule has 0 spiro atoms. The predicted octanol–water partition coefficient (Wildman–Crippen LogP) is 3.12. The first-order valence-electron chi connectivity index (χ1n) is 9.02. The molecule has 1 aromatic carbocycles. The maximum absolute atomic E-state index is 12.6. The van der Waals surface area contributed by atoms with E-state index in [-0.39, 0.29) is 29.4 Å². The fourth-order valence-corrected chi connectivity index (χ4v) is 2.97. The second-order valence-electron chi connectivity index (χ2n) is 6.84. The van der Waals surface area contributed by atoms with Crippen molar-refractivity contribution in [3.05, 3.63) is 48.4 Å². The molecule has 0 aliphatic carbocycles. The van der Waals surface area contributed by atoms with Crippen LogP contribution in [0.5, 0.6) is 0 Å². The Morgan fingerprint density at radius 2 is 1.74 bits per heavy atom. The molecule has 7 heteroatoms. The standard InChI is InChI=1S/C20H23N3O4/c1-13(2)18(24)21-14-7-9-15(10-8-14)22-19(25)16-5-3-11-23(16)20(26)17-6-4-12-27-17/h4,6-10,12-13,16H,3,5,11H2,1-2H3,(H,21,24)(H,22,25). The Morgan fingerprint density at radius 1 is 1.07 bits per heavy atom. The van der Waals surface area contributed by atoms with Gasteiger partial charge in [-0.25, -0.2) is 0 Å². The van der Waals surface area contributed by atoms with E-state index in [0.29, 0.717) is 24.3 Å². The van der Waals surface area contributed by atoms with E-state index < -0.39 is 6.04 Å². The summed E-state index contributed by atoms with van der Waals surface area (Å²) in [6.07, 6.45) is 2.82. The van der Waals surface area contributed by atoms with Gasteiger partial charge in [-0.2, -0.15) is 0 Å². The highest BCUT2D eigenvalue weighted by molar-refractivity contribution is 6.00. The molecule has 1 aromatic heterocycles. The van der Waals surface area contributed by atoms with Crippen molar-refractivity contribution in [1.82, 2.24) is 4.90 Å². The highest BCUT2D eigenvalue weighted by Crippen LogP contribution is 2.22. The fraction of sp³-hybridized carbons (Fsp3) is 0.350. The van der Waals surface area contributed by atoms with E-state index in [1.165, 1.54) is 6.26 Å². The number of likely N-dealkylation sites (tertiary alicyclic amines) is 1. The lowest BCUT2D eigenvalue weighted by molar-refractivity contribution is -0.120. The summed E-state index contributed by atoms with van der Waals surface area (Å²) >= 11 is 0. The van der Waals surface area contributed by atoms with Crippen molar-refractivity contribution < 1.29 is 18.8 Å². The number of hydrogen-bond acceptors (Lipinski definition) is 4. The molecule has 0 radical (unpaired) electrons. The molecule has 2 N–H and O–H groups in total. The van der Waals surface area contributed by atoms with Gasteiger partial charge in [0.25, 0.3) is 5.91 Å². The number of carbonyl (C=O) groups is 3. The van der Waals surface area contributed by atoms with Crippen molar-refractivity contribution in [2.24, 2.45) is 5.92 Å². The summed E-state index contributed by atoms with van der Waals surface area (Å²) in [5.41, 5.74) is 1.28. The van der Waals surface area contributed by atoms with E-state index in [1.807, 2.05) is 13.8 Å². The van der Waals surface area contributed by atoms with Crippen LogP contribution in [0.25, 0.3) is 0 Å². The van der Waals surface area contributed by atoms with Gasteiger partial charge in [0.2, 0.25) is 11.8 Å². The molecule has 3 amide bonds. The average Bonchev–Trinajstić information content (AvgIpc) is 3.34. The summed E-state index contributed by atoms with van der Waals surface area (Å²) in [6.45, 7) is 4.17. The Morgan fingerprint density at radius 3 is 2.33 bits per heavy atom. The number of amides is 3. The van der Waals surface area contributed by atoms with Crippen LogP contribution >= 0.6 is 0 Å². The molecular formula is C20H23N3O4. The number of benzene rings is 1. The molecule has 3 rings (SSSR count). The van der Waals surface area contributed by atoms with Gasteiger partial charge in [-0.05, 0) is 49.2 Å². The lowest BCUT2D eigenvalue weighted by atomic mass is 10.2. The fourth-order valence-electron chi connectivity index (χ4n) is 2.97. The van der Waals surface area contributed by atoms with Gasteiger partial charge in [-0.3, -0.25) is 14.4 Å². The van der Waals surface area contributed by atoms with E-state index in [2.05, 4.69) is 10.6 Å². The van der Waals surface area contributed by atoms with Crippen molar-refractivity contribution in [3.8, 4) is 0 Å². The van der Waals surface area contributed by atoms with Crippen molar-refractivity contribution in [1.29, 1.82) is 0 Å². The number of nitrogens with zero attached hydrogens (tertiary/aromatic N) is 1. The third-order valence-corrected chi connectivity index (χ3v) is 4.49. The topological polar surface area (TPSA) is 91.7 Å². The molecular weight excluding hydrogens is 346 g/mol. The summed E-state index contributed by atoms with van der Waals surface area (Å²) in [5, 5.41) is 5.64. The maximum atomic E-state index is 12.6. The Hall–Kier alpha value is -3.09. The zero-order valence-electron chi connectivity index (χ0n) is 15.4. The van der Waals surface area contributed by atoms with Gasteiger partial charge < -0.3 is 20.0 Å². The quantitative estimate of drug-likeness (QED) is 0.847. The molecule has 1 saturated heterocycles. The molecule has 2 aromatic rings. The number of rotatable bonds is 5. The Bertz CT molecular complexity index is 812. The number of furan rings is 1. The minimum atomic E-state index is -0.525. The van der Waals surface area contributed by atoms with Gasteiger partial charge in [0.15, 0.2) is 5.76 Å². The Labute approximate surface area is 157 Å². The van der Waals surface area contributed by atoms with E-state index in [4.69, 9.17) is 4.42 Å². The highest BCUT2D eigenvalue weighted by atomic mass is 16.3. The van der Waals surface area contributed by atoms with Crippen LogP contribution in [0.15, 0.2) is 47.1 Å². The molecule has 1 aliphatic rings.